The fraction of sp³-hybridized carbons (Fsp3) is 0.267. The lowest BCUT2D eigenvalue weighted by Crippen LogP contribution is -1.94. The van der Waals surface area contributed by atoms with Gasteiger partial charge in [0.15, 0.2) is 5.16 Å². The number of thioether (sulfide) groups is 1. The molecule has 8 heteroatoms. The van der Waals surface area contributed by atoms with Crippen molar-refractivity contribution in [3.63, 3.8) is 0 Å². The van der Waals surface area contributed by atoms with Gasteiger partial charge in [0.05, 0.1) is 18.4 Å². The Labute approximate surface area is 151 Å². The Morgan fingerprint density at radius 2 is 2.17 bits per heavy atom. The first kappa shape index (κ1) is 16.5. The maximum absolute atomic E-state index is 5.43. The Morgan fingerprint density at radius 3 is 2.87 bits per heavy atom. The second kappa shape index (κ2) is 7.02. The van der Waals surface area contributed by atoms with Crippen LogP contribution in [0.4, 0.5) is 0 Å². The van der Waals surface area contributed by atoms with Crippen molar-refractivity contribution in [2.75, 3.05) is 7.11 Å². The maximum Gasteiger partial charge on any atom is 0.191 e. The van der Waals surface area contributed by atoms with Gasteiger partial charge < -0.3 is 9.30 Å². The van der Waals surface area contributed by atoms with Crippen LogP contribution >= 0.6 is 39.0 Å². The average Bonchev–Trinajstić information content (AvgIpc) is 3.14. The van der Waals surface area contributed by atoms with E-state index >= 15 is 0 Å². The zero-order chi connectivity index (χ0) is 16.4. The SMILES string of the molecule is COc1ccc(Br)cc1-c1nc(CSc2nnc(C)n2C)cs1. The minimum Gasteiger partial charge on any atom is -0.496 e. The van der Waals surface area contributed by atoms with Crippen LogP contribution in [0.5, 0.6) is 5.75 Å². The molecule has 0 aliphatic carbocycles. The Balaban J connectivity index is 1.78. The molecule has 0 bridgehead atoms. The molecule has 5 nitrogen and oxygen atoms in total. The topological polar surface area (TPSA) is 52.8 Å². The summed E-state index contributed by atoms with van der Waals surface area (Å²) in [6, 6.07) is 5.93. The smallest absolute Gasteiger partial charge is 0.191 e. The molecule has 3 rings (SSSR count). The number of thiazole rings is 1. The predicted octanol–water partition coefficient (Wildman–Crippen LogP) is 4.31. The number of benzene rings is 1. The third-order valence-corrected chi connectivity index (χ3v) is 5.82. The summed E-state index contributed by atoms with van der Waals surface area (Å²) < 4.78 is 8.42. The molecule has 23 heavy (non-hydrogen) atoms. The number of methoxy groups -OCH3 is 1. The van der Waals surface area contributed by atoms with Gasteiger partial charge in [-0.15, -0.1) is 21.5 Å². The van der Waals surface area contributed by atoms with E-state index in [0.29, 0.717) is 0 Å². The minimum absolute atomic E-state index is 0.763. The van der Waals surface area contributed by atoms with Crippen LogP contribution in [-0.4, -0.2) is 26.9 Å². The van der Waals surface area contributed by atoms with Gasteiger partial charge in [-0.05, 0) is 25.1 Å². The van der Waals surface area contributed by atoms with Crippen LogP contribution in [0.2, 0.25) is 0 Å². The van der Waals surface area contributed by atoms with Crippen LogP contribution in [0.1, 0.15) is 11.5 Å². The molecule has 0 spiro atoms. The van der Waals surface area contributed by atoms with E-state index in [1.165, 1.54) is 0 Å². The fourth-order valence-corrected chi connectivity index (χ4v) is 4.15. The van der Waals surface area contributed by atoms with E-state index in [-0.39, 0.29) is 0 Å². The van der Waals surface area contributed by atoms with Crippen molar-refractivity contribution in [2.45, 2.75) is 17.8 Å². The summed E-state index contributed by atoms with van der Waals surface area (Å²) in [5.74, 6) is 2.50. The van der Waals surface area contributed by atoms with Crippen molar-refractivity contribution in [1.29, 1.82) is 0 Å². The lowest BCUT2D eigenvalue weighted by atomic mass is 10.2. The molecule has 0 N–H and O–H groups in total. The highest BCUT2D eigenvalue weighted by Crippen LogP contribution is 2.35. The Hall–Kier alpha value is -1.38. The number of halogens is 1. The lowest BCUT2D eigenvalue weighted by molar-refractivity contribution is 0.416. The van der Waals surface area contributed by atoms with E-state index in [0.717, 1.165) is 43.2 Å². The van der Waals surface area contributed by atoms with Crippen LogP contribution < -0.4 is 4.74 Å². The molecule has 3 aromatic rings. The number of ether oxygens (including phenoxy) is 1. The average molecular weight is 411 g/mol. The fourth-order valence-electron chi connectivity index (χ4n) is 2.00. The monoisotopic (exact) mass is 410 g/mol. The molecule has 0 atom stereocenters. The normalized spacial score (nSPS) is 11.0. The molecule has 0 amide bonds. The van der Waals surface area contributed by atoms with E-state index in [1.807, 2.05) is 36.7 Å². The number of hydrogen-bond acceptors (Lipinski definition) is 6. The lowest BCUT2D eigenvalue weighted by Gasteiger charge is -2.06. The van der Waals surface area contributed by atoms with Crippen molar-refractivity contribution in [3.05, 3.63) is 39.6 Å². The van der Waals surface area contributed by atoms with Gasteiger partial charge >= 0.3 is 0 Å². The highest BCUT2D eigenvalue weighted by molar-refractivity contribution is 9.10. The Bertz CT molecular complexity index is 831. The quantitative estimate of drug-likeness (QED) is 0.586. The summed E-state index contributed by atoms with van der Waals surface area (Å²) in [6.45, 7) is 1.94. The van der Waals surface area contributed by atoms with Crippen molar-refractivity contribution in [3.8, 4) is 16.3 Å². The largest absolute Gasteiger partial charge is 0.496 e. The number of nitrogens with zero attached hydrogens (tertiary/aromatic N) is 4. The van der Waals surface area contributed by atoms with Crippen molar-refractivity contribution < 1.29 is 4.74 Å². The van der Waals surface area contributed by atoms with Crippen LogP contribution in [0.15, 0.2) is 33.2 Å². The van der Waals surface area contributed by atoms with E-state index in [4.69, 9.17) is 9.72 Å². The highest BCUT2D eigenvalue weighted by Gasteiger charge is 2.12. The zero-order valence-electron chi connectivity index (χ0n) is 12.9. The molecule has 0 saturated carbocycles. The molecule has 0 unspecified atom stereocenters. The van der Waals surface area contributed by atoms with Crippen LogP contribution in [0.3, 0.4) is 0 Å². The van der Waals surface area contributed by atoms with E-state index in [1.54, 1.807) is 30.2 Å². The van der Waals surface area contributed by atoms with Crippen LogP contribution in [0, 0.1) is 6.92 Å². The Kier molecular flexibility index (Phi) is 5.03. The minimum atomic E-state index is 0.763. The molecule has 0 saturated heterocycles. The number of aryl methyl sites for hydroxylation is 1. The molecule has 1 aromatic carbocycles. The van der Waals surface area contributed by atoms with Gasteiger partial charge in [-0.25, -0.2) is 4.98 Å². The van der Waals surface area contributed by atoms with Gasteiger partial charge in [0.1, 0.15) is 16.6 Å². The first-order chi connectivity index (χ1) is 11.1. The van der Waals surface area contributed by atoms with Gasteiger partial charge in [-0.2, -0.15) is 0 Å². The maximum atomic E-state index is 5.43. The van der Waals surface area contributed by atoms with Crippen molar-refractivity contribution in [1.82, 2.24) is 19.7 Å². The molecule has 0 fully saturated rings. The summed E-state index contributed by atoms with van der Waals surface area (Å²) in [6.07, 6.45) is 0. The van der Waals surface area contributed by atoms with E-state index in [9.17, 15) is 0 Å². The third-order valence-electron chi connectivity index (χ3n) is 3.35. The summed E-state index contributed by atoms with van der Waals surface area (Å²) in [5.41, 5.74) is 2.02. The van der Waals surface area contributed by atoms with Crippen molar-refractivity contribution >= 4 is 39.0 Å². The summed E-state index contributed by atoms with van der Waals surface area (Å²) >= 11 is 6.75. The molecule has 2 aromatic heterocycles. The second-order valence-electron chi connectivity index (χ2n) is 4.87. The third kappa shape index (κ3) is 3.59. The van der Waals surface area contributed by atoms with E-state index < -0.39 is 0 Å². The standard InChI is InChI=1S/C15H15BrN4OS2/c1-9-18-19-15(20(9)2)23-8-11-7-22-14(17-11)12-6-10(16)4-5-13(12)21-3/h4-7H,8H2,1-3H3. The van der Waals surface area contributed by atoms with Gasteiger partial charge in [-0.1, -0.05) is 27.7 Å². The van der Waals surface area contributed by atoms with Crippen LogP contribution in [-0.2, 0) is 12.8 Å². The van der Waals surface area contributed by atoms with Crippen molar-refractivity contribution in [2.24, 2.45) is 7.05 Å². The molecule has 0 radical (unpaired) electrons. The number of hydrogen-bond donors (Lipinski definition) is 0. The summed E-state index contributed by atoms with van der Waals surface area (Å²) in [5, 5.41) is 12.2. The van der Waals surface area contributed by atoms with E-state index in [2.05, 4.69) is 31.5 Å². The summed E-state index contributed by atoms with van der Waals surface area (Å²) in [7, 11) is 3.64. The van der Waals surface area contributed by atoms with Gasteiger partial charge in [0.2, 0.25) is 0 Å². The van der Waals surface area contributed by atoms with Crippen LogP contribution in [0.25, 0.3) is 10.6 Å². The highest BCUT2D eigenvalue weighted by atomic mass is 79.9. The van der Waals surface area contributed by atoms with Gasteiger partial charge in [-0.3, -0.25) is 0 Å². The predicted molar refractivity (Wildman–Crippen MR) is 97.1 cm³/mol. The van der Waals surface area contributed by atoms with Gasteiger partial charge in [0, 0.05) is 22.7 Å². The zero-order valence-corrected chi connectivity index (χ0v) is 16.1. The van der Waals surface area contributed by atoms with Gasteiger partial charge in [0.25, 0.3) is 0 Å². The first-order valence-electron chi connectivity index (χ1n) is 6.85. The Morgan fingerprint density at radius 1 is 1.35 bits per heavy atom. The second-order valence-corrected chi connectivity index (χ2v) is 7.58. The first-order valence-corrected chi connectivity index (χ1v) is 9.51. The number of aromatic nitrogens is 4. The molecular weight excluding hydrogens is 396 g/mol. The molecule has 0 aliphatic heterocycles. The molecule has 120 valence electrons. The molecule has 0 aliphatic rings. The molecule has 2 heterocycles. The summed E-state index contributed by atoms with van der Waals surface area (Å²) in [4.78, 5) is 4.72. The molecular formula is C15H15BrN4OS2. The number of rotatable bonds is 5.